The number of piperidine rings is 1. The highest BCUT2D eigenvalue weighted by Gasteiger charge is 2.31. The topological polar surface area (TPSA) is 91.0 Å². The van der Waals surface area contributed by atoms with Gasteiger partial charge in [0.2, 0.25) is 5.91 Å². The molecule has 2 N–H and O–H groups in total. The van der Waals surface area contributed by atoms with Gasteiger partial charge in [-0.3, -0.25) is 9.59 Å². The molecule has 7 heteroatoms. The minimum Gasteiger partial charge on any atom is -0.365 e. The molecule has 0 spiro atoms. The average Bonchev–Trinajstić information content (AvgIpc) is 3.06. The van der Waals surface area contributed by atoms with Crippen molar-refractivity contribution < 1.29 is 9.59 Å². The second-order valence-electron chi connectivity index (χ2n) is 7.65. The number of rotatable bonds is 5. The summed E-state index contributed by atoms with van der Waals surface area (Å²) in [5, 5.41) is 4.25. The molecule has 2 atom stereocenters. The number of amides is 1. The van der Waals surface area contributed by atoms with E-state index in [1.807, 2.05) is 0 Å². The van der Waals surface area contributed by atoms with Crippen LogP contribution in [0, 0.1) is 11.8 Å². The molecule has 0 bridgehead atoms. The number of hydrogen-bond acceptors (Lipinski definition) is 5. The van der Waals surface area contributed by atoms with Crippen LogP contribution in [0.2, 0.25) is 0 Å². The van der Waals surface area contributed by atoms with Gasteiger partial charge in [0.15, 0.2) is 5.78 Å². The van der Waals surface area contributed by atoms with Crippen molar-refractivity contribution in [1.82, 2.24) is 19.9 Å². The van der Waals surface area contributed by atoms with Crippen LogP contribution in [0.25, 0.3) is 11.0 Å². The number of aromatic nitrogens is 3. The maximum Gasteiger partial charge on any atom is 0.246 e. The fourth-order valence-corrected chi connectivity index (χ4v) is 3.92. The van der Waals surface area contributed by atoms with Gasteiger partial charge in [-0.2, -0.15) is 0 Å². The number of Topliss-reactive ketones (excluding diaryl/α,β-unsaturated/α-hetero) is 1. The SMILES string of the molecule is C=CC(=O)N1CC[C@@H](C)C(Nc2ncnc3[nH]cc(C(=O)C4CCC4)c23)C1. The van der Waals surface area contributed by atoms with E-state index in [2.05, 4.69) is 33.8 Å². The lowest BCUT2D eigenvalue weighted by atomic mass is 9.80. The number of fused-ring (bicyclic) bond motifs is 1. The lowest BCUT2D eigenvalue weighted by Crippen LogP contribution is -2.48. The number of ketones is 1. The van der Waals surface area contributed by atoms with E-state index in [0.717, 1.165) is 37.6 Å². The maximum atomic E-state index is 12.8. The fourth-order valence-electron chi connectivity index (χ4n) is 3.92. The summed E-state index contributed by atoms with van der Waals surface area (Å²) >= 11 is 0. The zero-order chi connectivity index (χ0) is 19.0. The molecule has 4 rings (SSSR count). The molecule has 0 radical (unpaired) electrons. The van der Waals surface area contributed by atoms with Crippen molar-refractivity contribution in [2.75, 3.05) is 18.4 Å². The third-order valence-electron chi connectivity index (χ3n) is 5.98. The Balaban J connectivity index is 1.63. The van der Waals surface area contributed by atoms with Gasteiger partial charge in [0, 0.05) is 36.8 Å². The predicted molar refractivity (Wildman–Crippen MR) is 104 cm³/mol. The molecule has 1 saturated carbocycles. The molecule has 1 aliphatic heterocycles. The van der Waals surface area contributed by atoms with Crippen molar-refractivity contribution in [2.45, 2.75) is 38.6 Å². The summed E-state index contributed by atoms with van der Waals surface area (Å²) in [6.45, 7) is 7.08. The monoisotopic (exact) mass is 367 g/mol. The van der Waals surface area contributed by atoms with Gasteiger partial charge in [0.1, 0.15) is 17.8 Å². The first-order chi connectivity index (χ1) is 13.1. The Morgan fingerprint density at radius 3 is 2.85 bits per heavy atom. The van der Waals surface area contributed by atoms with Crippen molar-refractivity contribution in [1.29, 1.82) is 0 Å². The van der Waals surface area contributed by atoms with Gasteiger partial charge in [-0.1, -0.05) is 19.9 Å². The molecule has 3 heterocycles. The van der Waals surface area contributed by atoms with Crippen molar-refractivity contribution in [3.8, 4) is 0 Å². The Labute approximate surface area is 158 Å². The minimum absolute atomic E-state index is 0.0518. The quantitative estimate of drug-likeness (QED) is 0.626. The van der Waals surface area contributed by atoms with E-state index in [4.69, 9.17) is 0 Å². The molecule has 0 aromatic carbocycles. The second-order valence-corrected chi connectivity index (χ2v) is 7.65. The van der Waals surface area contributed by atoms with Crippen LogP contribution in [0.5, 0.6) is 0 Å². The van der Waals surface area contributed by atoms with Gasteiger partial charge < -0.3 is 15.2 Å². The van der Waals surface area contributed by atoms with Crippen LogP contribution in [0.15, 0.2) is 25.2 Å². The maximum absolute atomic E-state index is 12.8. The highest BCUT2D eigenvalue weighted by atomic mass is 16.2. The molecule has 1 aliphatic carbocycles. The summed E-state index contributed by atoms with van der Waals surface area (Å²) in [7, 11) is 0. The summed E-state index contributed by atoms with van der Waals surface area (Å²) in [4.78, 5) is 38.4. The molecule has 7 nitrogen and oxygen atoms in total. The number of nitrogens with one attached hydrogen (secondary N) is 2. The van der Waals surface area contributed by atoms with E-state index in [0.29, 0.717) is 29.5 Å². The smallest absolute Gasteiger partial charge is 0.246 e. The van der Waals surface area contributed by atoms with Gasteiger partial charge >= 0.3 is 0 Å². The number of nitrogens with zero attached hydrogens (tertiary/aromatic N) is 3. The van der Waals surface area contributed by atoms with Crippen LogP contribution in [0.4, 0.5) is 5.82 Å². The first-order valence-electron chi connectivity index (χ1n) is 9.62. The van der Waals surface area contributed by atoms with Crippen LogP contribution < -0.4 is 5.32 Å². The number of aromatic amines is 1. The number of anilines is 1. The summed E-state index contributed by atoms with van der Waals surface area (Å²) in [5.74, 6) is 1.28. The van der Waals surface area contributed by atoms with Crippen LogP contribution >= 0.6 is 0 Å². The normalized spacial score (nSPS) is 23.1. The summed E-state index contributed by atoms with van der Waals surface area (Å²) in [6.07, 6.45) is 8.56. The molecule has 2 aromatic heterocycles. The van der Waals surface area contributed by atoms with Gasteiger partial charge in [-0.25, -0.2) is 9.97 Å². The number of carbonyl (C=O) groups is 2. The predicted octanol–water partition coefficient (Wildman–Crippen LogP) is 2.78. The lowest BCUT2D eigenvalue weighted by molar-refractivity contribution is -0.127. The van der Waals surface area contributed by atoms with Gasteiger partial charge in [0.05, 0.1) is 5.39 Å². The molecule has 2 aliphatic rings. The fraction of sp³-hybridized carbons (Fsp3) is 0.500. The van der Waals surface area contributed by atoms with E-state index < -0.39 is 0 Å². The molecule has 142 valence electrons. The molecular formula is C20H25N5O2. The molecule has 1 saturated heterocycles. The van der Waals surface area contributed by atoms with Crippen LogP contribution in [0.3, 0.4) is 0 Å². The highest BCUT2D eigenvalue weighted by molar-refractivity contribution is 6.11. The van der Waals surface area contributed by atoms with Crippen LogP contribution in [-0.2, 0) is 4.79 Å². The zero-order valence-corrected chi connectivity index (χ0v) is 15.6. The number of H-pyrrole nitrogens is 1. The summed E-state index contributed by atoms with van der Waals surface area (Å²) in [6, 6.07) is 0.0577. The standard InChI is InChI=1S/C20H25N5O2/c1-3-16(26)25-8-7-12(2)15(10-25)24-20-17-14(18(27)13-5-4-6-13)9-21-19(17)22-11-23-20/h3,9,11-13,15H,1,4-8,10H2,2H3,(H2,21,22,23,24)/t12-,15?/m1/s1. The Bertz CT molecular complexity index is 886. The Hall–Kier alpha value is -2.70. The van der Waals surface area contributed by atoms with E-state index in [1.165, 1.54) is 12.4 Å². The molecule has 1 unspecified atom stereocenters. The van der Waals surface area contributed by atoms with Crippen LogP contribution in [-0.4, -0.2) is 50.7 Å². The second kappa shape index (κ2) is 7.13. The van der Waals surface area contributed by atoms with E-state index in [-0.39, 0.29) is 23.7 Å². The third kappa shape index (κ3) is 3.22. The van der Waals surface area contributed by atoms with E-state index in [9.17, 15) is 9.59 Å². The van der Waals surface area contributed by atoms with Crippen molar-refractivity contribution in [2.24, 2.45) is 11.8 Å². The van der Waals surface area contributed by atoms with Crippen molar-refractivity contribution in [3.05, 3.63) is 30.7 Å². The first-order valence-corrected chi connectivity index (χ1v) is 9.62. The molecule has 2 aromatic rings. The summed E-state index contributed by atoms with van der Waals surface area (Å²) < 4.78 is 0. The zero-order valence-electron chi connectivity index (χ0n) is 15.6. The molecule has 2 fully saturated rings. The van der Waals surface area contributed by atoms with Crippen LogP contribution in [0.1, 0.15) is 43.0 Å². The number of hydrogen-bond donors (Lipinski definition) is 2. The highest BCUT2D eigenvalue weighted by Crippen LogP contribution is 2.34. The Morgan fingerprint density at radius 1 is 1.33 bits per heavy atom. The van der Waals surface area contributed by atoms with Gasteiger partial charge in [-0.05, 0) is 31.3 Å². The largest absolute Gasteiger partial charge is 0.365 e. The summed E-state index contributed by atoms with van der Waals surface area (Å²) in [5.41, 5.74) is 1.33. The van der Waals surface area contributed by atoms with E-state index in [1.54, 1.807) is 11.1 Å². The van der Waals surface area contributed by atoms with Crippen molar-refractivity contribution in [3.63, 3.8) is 0 Å². The Morgan fingerprint density at radius 2 is 2.15 bits per heavy atom. The number of carbonyl (C=O) groups excluding carboxylic acids is 2. The van der Waals surface area contributed by atoms with E-state index >= 15 is 0 Å². The lowest BCUT2D eigenvalue weighted by Gasteiger charge is -2.37. The van der Waals surface area contributed by atoms with Crippen molar-refractivity contribution >= 4 is 28.5 Å². The molecule has 1 amide bonds. The Kier molecular flexibility index (Phi) is 4.68. The average molecular weight is 367 g/mol. The minimum atomic E-state index is -0.0518. The molecular weight excluding hydrogens is 342 g/mol. The number of likely N-dealkylation sites (tertiary alicyclic amines) is 1. The molecule has 27 heavy (non-hydrogen) atoms. The van der Waals surface area contributed by atoms with Gasteiger partial charge in [-0.15, -0.1) is 0 Å². The first kappa shape index (κ1) is 17.7. The van der Waals surface area contributed by atoms with Gasteiger partial charge in [0.25, 0.3) is 0 Å². The third-order valence-corrected chi connectivity index (χ3v) is 5.98.